The quantitative estimate of drug-likeness (QED) is 0.561. The molecule has 0 bridgehead atoms. The first-order valence-electron chi connectivity index (χ1n) is 6.52. The van der Waals surface area contributed by atoms with E-state index in [1.165, 1.54) is 18.2 Å². The normalized spacial score (nSPS) is 25.8. The van der Waals surface area contributed by atoms with Crippen molar-refractivity contribution >= 4 is 10.8 Å². The molecular weight excluding hydrogens is 204 g/mol. The molecule has 0 spiro atoms. The van der Waals surface area contributed by atoms with Crippen LogP contribution in [0.25, 0.3) is 10.8 Å². The highest BCUT2D eigenvalue weighted by Gasteiger charge is 2.35. The van der Waals surface area contributed by atoms with Crippen LogP contribution in [-0.2, 0) is 0 Å². The fraction of sp³-hybridized carbons (Fsp3) is 0.294. The smallest absolute Gasteiger partial charge is 0.00465 e. The van der Waals surface area contributed by atoms with Crippen molar-refractivity contribution in [3.63, 3.8) is 0 Å². The number of rotatable bonds is 0. The van der Waals surface area contributed by atoms with Crippen LogP contribution in [0, 0.1) is 0 Å². The molecule has 84 valence electrons. The molecule has 2 atom stereocenters. The maximum atomic E-state index is 2.44. The Morgan fingerprint density at radius 2 is 1.65 bits per heavy atom. The summed E-state index contributed by atoms with van der Waals surface area (Å²) >= 11 is 0. The lowest BCUT2D eigenvalue weighted by Crippen LogP contribution is -2.09. The zero-order valence-corrected chi connectivity index (χ0v) is 10.1. The molecule has 2 unspecified atom stereocenters. The molecule has 0 fully saturated rings. The van der Waals surface area contributed by atoms with Gasteiger partial charge in [0.05, 0.1) is 0 Å². The maximum Gasteiger partial charge on any atom is -0.00465 e. The fourth-order valence-electron chi connectivity index (χ4n) is 3.75. The molecule has 0 radical (unpaired) electrons. The van der Waals surface area contributed by atoms with Gasteiger partial charge in [0.25, 0.3) is 0 Å². The topological polar surface area (TPSA) is 0 Å². The Hall–Kier alpha value is -1.56. The average Bonchev–Trinajstić information content (AvgIpc) is 2.67. The van der Waals surface area contributed by atoms with Gasteiger partial charge in [0.1, 0.15) is 0 Å². The van der Waals surface area contributed by atoms with E-state index in [2.05, 4.69) is 49.4 Å². The average molecular weight is 220 g/mol. The van der Waals surface area contributed by atoms with E-state index in [4.69, 9.17) is 0 Å². The summed E-state index contributed by atoms with van der Waals surface area (Å²) in [6, 6.07) is 13.6. The minimum absolute atomic E-state index is 0.736. The Bertz CT molecular complexity index is 628. The molecule has 2 aromatic rings. The zero-order chi connectivity index (χ0) is 11.4. The third-order valence-electron chi connectivity index (χ3n) is 4.52. The van der Waals surface area contributed by atoms with Crippen LogP contribution in [0.5, 0.6) is 0 Å². The molecule has 0 aliphatic heterocycles. The summed E-state index contributed by atoms with van der Waals surface area (Å²) < 4.78 is 0. The second-order valence-electron chi connectivity index (χ2n) is 5.50. The summed E-state index contributed by atoms with van der Waals surface area (Å²) in [4.78, 5) is 0. The molecule has 0 heteroatoms. The lowest BCUT2D eigenvalue weighted by molar-refractivity contribution is 0.534. The molecular formula is C17H16. The van der Waals surface area contributed by atoms with Crippen molar-refractivity contribution < 1.29 is 0 Å². The summed E-state index contributed by atoms with van der Waals surface area (Å²) in [5, 5.41) is 2.97. The van der Waals surface area contributed by atoms with Gasteiger partial charge in [-0.05, 0) is 53.5 Å². The second-order valence-corrected chi connectivity index (χ2v) is 5.50. The van der Waals surface area contributed by atoms with Crippen LogP contribution >= 0.6 is 0 Å². The third-order valence-corrected chi connectivity index (χ3v) is 4.52. The molecule has 2 aliphatic rings. The van der Waals surface area contributed by atoms with Gasteiger partial charge in [-0.2, -0.15) is 0 Å². The SMILES string of the molecule is CC1=CCC2c3cccc4cccc(c34)C2C1. The Kier molecular flexibility index (Phi) is 1.80. The highest BCUT2D eigenvalue weighted by molar-refractivity contribution is 5.92. The van der Waals surface area contributed by atoms with E-state index in [-0.39, 0.29) is 0 Å². The Labute approximate surface area is 102 Å². The van der Waals surface area contributed by atoms with Crippen molar-refractivity contribution in [3.05, 3.63) is 59.2 Å². The highest BCUT2D eigenvalue weighted by atomic mass is 14.4. The summed E-state index contributed by atoms with van der Waals surface area (Å²) in [6.45, 7) is 2.28. The van der Waals surface area contributed by atoms with Gasteiger partial charge in [0.15, 0.2) is 0 Å². The summed E-state index contributed by atoms with van der Waals surface area (Å²) in [6.07, 6.45) is 4.91. The summed E-state index contributed by atoms with van der Waals surface area (Å²) in [5.74, 6) is 1.47. The predicted octanol–water partition coefficient (Wildman–Crippen LogP) is 4.76. The first-order valence-corrected chi connectivity index (χ1v) is 6.52. The molecule has 2 aromatic carbocycles. The largest absolute Gasteiger partial charge is 0.0850 e. The van der Waals surface area contributed by atoms with E-state index < -0.39 is 0 Å². The van der Waals surface area contributed by atoms with E-state index >= 15 is 0 Å². The predicted molar refractivity (Wildman–Crippen MR) is 72.4 cm³/mol. The molecule has 0 amide bonds. The van der Waals surface area contributed by atoms with Crippen LogP contribution in [0.1, 0.15) is 42.7 Å². The Morgan fingerprint density at radius 1 is 0.941 bits per heavy atom. The van der Waals surface area contributed by atoms with E-state index in [0.717, 1.165) is 11.8 Å². The van der Waals surface area contributed by atoms with Crippen LogP contribution in [0.2, 0.25) is 0 Å². The van der Waals surface area contributed by atoms with Crippen LogP contribution < -0.4 is 0 Å². The number of hydrogen-bond donors (Lipinski definition) is 0. The molecule has 0 saturated carbocycles. The van der Waals surface area contributed by atoms with Crippen LogP contribution in [-0.4, -0.2) is 0 Å². The number of benzene rings is 2. The van der Waals surface area contributed by atoms with Gasteiger partial charge in [0.2, 0.25) is 0 Å². The molecule has 0 aromatic heterocycles. The second kappa shape index (κ2) is 3.22. The fourth-order valence-corrected chi connectivity index (χ4v) is 3.75. The van der Waals surface area contributed by atoms with Crippen LogP contribution in [0.15, 0.2) is 48.0 Å². The van der Waals surface area contributed by atoms with Gasteiger partial charge in [0, 0.05) is 0 Å². The molecule has 17 heavy (non-hydrogen) atoms. The lowest BCUT2D eigenvalue weighted by atomic mass is 9.78. The monoisotopic (exact) mass is 220 g/mol. The van der Waals surface area contributed by atoms with Crippen molar-refractivity contribution in [1.29, 1.82) is 0 Å². The summed E-state index contributed by atoms with van der Waals surface area (Å²) in [5.41, 5.74) is 4.75. The van der Waals surface area contributed by atoms with E-state index in [9.17, 15) is 0 Å². The number of fused-ring (bicyclic) bond motifs is 3. The van der Waals surface area contributed by atoms with Gasteiger partial charge in [-0.25, -0.2) is 0 Å². The first kappa shape index (κ1) is 9.47. The van der Waals surface area contributed by atoms with E-state index in [1.54, 1.807) is 22.1 Å². The Morgan fingerprint density at radius 3 is 2.41 bits per heavy atom. The third kappa shape index (κ3) is 1.18. The lowest BCUT2D eigenvalue weighted by Gasteiger charge is -2.25. The van der Waals surface area contributed by atoms with Crippen LogP contribution in [0.3, 0.4) is 0 Å². The zero-order valence-electron chi connectivity index (χ0n) is 10.1. The van der Waals surface area contributed by atoms with E-state index in [0.29, 0.717) is 0 Å². The molecule has 0 nitrogen and oxygen atoms in total. The maximum absolute atomic E-state index is 2.44. The van der Waals surface area contributed by atoms with E-state index in [1.807, 2.05) is 0 Å². The van der Waals surface area contributed by atoms with Gasteiger partial charge in [-0.1, -0.05) is 48.0 Å². The number of allylic oxidation sites excluding steroid dienone is 2. The van der Waals surface area contributed by atoms with Gasteiger partial charge >= 0.3 is 0 Å². The molecule has 0 saturated heterocycles. The first-order chi connectivity index (χ1) is 8.34. The van der Waals surface area contributed by atoms with Crippen LogP contribution in [0.4, 0.5) is 0 Å². The standard InChI is InChI=1S/C17H16/c1-11-8-9-13-14-6-2-4-12-5-3-7-15(17(12)14)16(13)10-11/h2-8,13,16H,9-10H2,1H3. The van der Waals surface area contributed by atoms with Gasteiger partial charge in [-0.15, -0.1) is 0 Å². The van der Waals surface area contributed by atoms with Crippen molar-refractivity contribution in [2.75, 3.05) is 0 Å². The minimum Gasteiger partial charge on any atom is -0.0850 e. The molecule has 0 heterocycles. The van der Waals surface area contributed by atoms with Gasteiger partial charge in [-0.3, -0.25) is 0 Å². The molecule has 4 rings (SSSR count). The Balaban J connectivity index is 2.03. The van der Waals surface area contributed by atoms with Crippen molar-refractivity contribution in [2.24, 2.45) is 0 Å². The van der Waals surface area contributed by atoms with Crippen molar-refractivity contribution in [3.8, 4) is 0 Å². The molecule has 2 aliphatic carbocycles. The van der Waals surface area contributed by atoms with Crippen molar-refractivity contribution in [1.82, 2.24) is 0 Å². The highest BCUT2D eigenvalue weighted by Crippen LogP contribution is 2.52. The summed E-state index contributed by atoms with van der Waals surface area (Å²) in [7, 11) is 0. The molecule has 0 N–H and O–H groups in total. The van der Waals surface area contributed by atoms with Crippen molar-refractivity contribution in [2.45, 2.75) is 31.6 Å². The van der Waals surface area contributed by atoms with Gasteiger partial charge < -0.3 is 0 Å². The minimum atomic E-state index is 0.736. The number of hydrogen-bond acceptors (Lipinski definition) is 0.